The summed E-state index contributed by atoms with van der Waals surface area (Å²) in [6, 6.07) is 13.0. The fraction of sp³-hybridized carbons (Fsp3) is 0.235. The number of carbonyl (C=O) groups is 1. The van der Waals surface area contributed by atoms with Crippen molar-refractivity contribution in [1.29, 1.82) is 0 Å². The number of ether oxygens (including phenoxy) is 1. The van der Waals surface area contributed by atoms with Gasteiger partial charge in [-0.2, -0.15) is 0 Å². The maximum Gasteiger partial charge on any atom is 0.315 e. The van der Waals surface area contributed by atoms with Gasteiger partial charge in [-0.1, -0.05) is 35.9 Å². The average Bonchev–Trinajstić information content (AvgIpc) is 2.55. The molecule has 6 heteroatoms. The molecule has 0 fully saturated rings. The second-order valence-corrected chi connectivity index (χ2v) is 5.41. The molecule has 2 rings (SSSR count). The van der Waals surface area contributed by atoms with Crippen molar-refractivity contribution in [3.05, 3.63) is 70.5 Å². The lowest BCUT2D eigenvalue weighted by Gasteiger charge is -2.17. The SMILES string of the molecule is COC(CNC(=O)NCc1ccc(Cl)cc1)c1cccc(F)c1. The Hall–Kier alpha value is -2.11. The normalized spacial score (nSPS) is 11.8. The van der Waals surface area contributed by atoms with Crippen LogP contribution in [0.4, 0.5) is 9.18 Å². The lowest BCUT2D eigenvalue weighted by atomic mass is 10.1. The van der Waals surface area contributed by atoms with Crippen molar-refractivity contribution in [2.75, 3.05) is 13.7 Å². The number of hydrogen-bond acceptors (Lipinski definition) is 2. The Morgan fingerprint density at radius 2 is 1.96 bits per heavy atom. The molecule has 0 aliphatic rings. The van der Waals surface area contributed by atoms with Gasteiger partial charge in [-0.15, -0.1) is 0 Å². The molecule has 1 unspecified atom stereocenters. The summed E-state index contributed by atoms with van der Waals surface area (Å²) >= 11 is 5.80. The summed E-state index contributed by atoms with van der Waals surface area (Å²) in [4.78, 5) is 11.8. The highest BCUT2D eigenvalue weighted by Crippen LogP contribution is 2.16. The van der Waals surface area contributed by atoms with Gasteiger partial charge >= 0.3 is 6.03 Å². The Kier molecular flexibility index (Phi) is 6.38. The number of nitrogens with one attached hydrogen (secondary N) is 2. The maximum atomic E-state index is 13.2. The van der Waals surface area contributed by atoms with E-state index in [4.69, 9.17) is 16.3 Å². The van der Waals surface area contributed by atoms with Crippen molar-refractivity contribution in [2.45, 2.75) is 12.6 Å². The van der Waals surface area contributed by atoms with E-state index in [1.54, 1.807) is 24.3 Å². The number of benzene rings is 2. The first kappa shape index (κ1) is 17.2. The zero-order valence-electron chi connectivity index (χ0n) is 12.7. The quantitative estimate of drug-likeness (QED) is 0.845. The molecule has 2 amide bonds. The number of amides is 2. The number of methoxy groups -OCH3 is 1. The van der Waals surface area contributed by atoms with E-state index in [0.717, 1.165) is 5.56 Å². The molecule has 2 aromatic rings. The number of carbonyl (C=O) groups excluding carboxylic acids is 1. The van der Waals surface area contributed by atoms with Crippen molar-refractivity contribution in [1.82, 2.24) is 10.6 Å². The highest BCUT2D eigenvalue weighted by Gasteiger charge is 2.12. The van der Waals surface area contributed by atoms with E-state index in [2.05, 4.69) is 10.6 Å². The topological polar surface area (TPSA) is 50.4 Å². The molecule has 0 aromatic heterocycles. The first-order valence-electron chi connectivity index (χ1n) is 7.13. The summed E-state index contributed by atoms with van der Waals surface area (Å²) in [5.41, 5.74) is 1.61. The van der Waals surface area contributed by atoms with Crippen LogP contribution in [0, 0.1) is 5.82 Å². The molecule has 122 valence electrons. The van der Waals surface area contributed by atoms with Crippen molar-refractivity contribution in [3.8, 4) is 0 Å². The van der Waals surface area contributed by atoms with Crippen LogP contribution in [0.25, 0.3) is 0 Å². The molecule has 23 heavy (non-hydrogen) atoms. The third-order valence-corrected chi connectivity index (χ3v) is 3.57. The minimum atomic E-state index is -0.410. The largest absolute Gasteiger partial charge is 0.375 e. The Bertz CT molecular complexity index is 649. The summed E-state index contributed by atoms with van der Waals surface area (Å²) in [5.74, 6) is -0.336. The summed E-state index contributed by atoms with van der Waals surface area (Å²) in [6.45, 7) is 0.632. The summed E-state index contributed by atoms with van der Waals surface area (Å²) in [5, 5.41) is 6.10. The van der Waals surface area contributed by atoms with Gasteiger partial charge < -0.3 is 15.4 Å². The Labute approximate surface area is 139 Å². The second kappa shape index (κ2) is 8.50. The Balaban J connectivity index is 1.81. The maximum absolute atomic E-state index is 13.2. The van der Waals surface area contributed by atoms with Gasteiger partial charge in [0.05, 0.1) is 6.10 Å². The molecule has 2 N–H and O–H groups in total. The van der Waals surface area contributed by atoms with E-state index in [1.807, 2.05) is 12.1 Å². The molecule has 0 bridgehead atoms. The lowest BCUT2D eigenvalue weighted by Crippen LogP contribution is -2.37. The molecule has 4 nitrogen and oxygen atoms in total. The van der Waals surface area contributed by atoms with Gasteiger partial charge in [0.25, 0.3) is 0 Å². The molecular weight excluding hydrogens is 319 g/mol. The van der Waals surface area contributed by atoms with Crippen LogP contribution < -0.4 is 10.6 Å². The van der Waals surface area contributed by atoms with E-state index in [0.29, 0.717) is 17.1 Å². The van der Waals surface area contributed by atoms with Crippen molar-refractivity contribution < 1.29 is 13.9 Å². The highest BCUT2D eigenvalue weighted by molar-refractivity contribution is 6.30. The van der Waals surface area contributed by atoms with Crippen LogP contribution in [-0.4, -0.2) is 19.7 Å². The zero-order valence-corrected chi connectivity index (χ0v) is 13.4. The number of hydrogen-bond donors (Lipinski definition) is 2. The molecular formula is C17H18ClFN2O2. The zero-order chi connectivity index (χ0) is 16.7. The van der Waals surface area contributed by atoms with Crippen molar-refractivity contribution in [3.63, 3.8) is 0 Å². The summed E-state index contributed by atoms with van der Waals surface area (Å²) < 4.78 is 18.5. The first-order valence-corrected chi connectivity index (χ1v) is 7.50. The van der Waals surface area contributed by atoms with E-state index in [9.17, 15) is 9.18 Å². The predicted molar refractivity (Wildman–Crippen MR) is 87.8 cm³/mol. The Morgan fingerprint density at radius 3 is 2.61 bits per heavy atom. The number of urea groups is 1. The van der Waals surface area contributed by atoms with Crippen LogP contribution in [0.15, 0.2) is 48.5 Å². The molecule has 0 saturated heterocycles. The van der Waals surface area contributed by atoms with E-state index in [-0.39, 0.29) is 18.4 Å². The standard InChI is InChI=1S/C17H18ClFN2O2/c1-23-16(13-3-2-4-15(19)9-13)11-21-17(22)20-10-12-5-7-14(18)8-6-12/h2-9,16H,10-11H2,1H3,(H2,20,21,22). The van der Waals surface area contributed by atoms with Crippen LogP contribution in [0.1, 0.15) is 17.2 Å². The molecule has 0 aliphatic carbocycles. The van der Waals surface area contributed by atoms with Crippen LogP contribution >= 0.6 is 11.6 Å². The smallest absolute Gasteiger partial charge is 0.315 e. The lowest BCUT2D eigenvalue weighted by molar-refractivity contribution is 0.103. The second-order valence-electron chi connectivity index (χ2n) is 4.97. The minimum absolute atomic E-state index is 0.242. The molecule has 0 spiro atoms. The molecule has 1 atom stereocenters. The molecule has 0 aliphatic heterocycles. The van der Waals surface area contributed by atoms with Gasteiger partial charge in [0, 0.05) is 25.2 Å². The predicted octanol–water partition coefficient (Wildman–Crippen LogP) is 3.67. The molecule has 0 heterocycles. The van der Waals surface area contributed by atoms with Crippen LogP contribution in [0.2, 0.25) is 5.02 Å². The highest BCUT2D eigenvalue weighted by atomic mass is 35.5. The third kappa shape index (κ3) is 5.54. The van der Waals surface area contributed by atoms with Gasteiger partial charge in [0.2, 0.25) is 0 Å². The molecule has 0 saturated carbocycles. The monoisotopic (exact) mass is 336 g/mol. The van der Waals surface area contributed by atoms with Gasteiger partial charge in [-0.05, 0) is 35.4 Å². The van der Waals surface area contributed by atoms with E-state index < -0.39 is 6.10 Å². The first-order chi connectivity index (χ1) is 11.1. The minimum Gasteiger partial charge on any atom is -0.375 e. The molecule has 0 radical (unpaired) electrons. The van der Waals surface area contributed by atoms with Crippen LogP contribution in [-0.2, 0) is 11.3 Å². The fourth-order valence-electron chi connectivity index (χ4n) is 2.08. The van der Waals surface area contributed by atoms with Gasteiger partial charge in [0.1, 0.15) is 5.82 Å². The summed E-state index contributed by atoms with van der Waals surface area (Å²) in [7, 11) is 1.52. The third-order valence-electron chi connectivity index (χ3n) is 3.32. The van der Waals surface area contributed by atoms with Gasteiger partial charge in [-0.3, -0.25) is 0 Å². The van der Waals surface area contributed by atoms with Gasteiger partial charge in [-0.25, -0.2) is 9.18 Å². The Morgan fingerprint density at radius 1 is 1.22 bits per heavy atom. The van der Waals surface area contributed by atoms with Crippen LogP contribution in [0.5, 0.6) is 0 Å². The molecule has 2 aromatic carbocycles. The fourth-order valence-corrected chi connectivity index (χ4v) is 2.20. The number of halogens is 2. The van der Waals surface area contributed by atoms with Crippen molar-refractivity contribution >= 4 is 17.6 Å². The van der Waals surface area contributed by atoms with Crippen molar-refractivity contribution in [2.24, 2.45) is 0 Å². The van der Waals surface area contributed by atoms with E-state index in [1.165, 1.54) is 19.2 Å². The van der Waals surface area contributed by atoms with E-state index >= 15 is 0 Å². The van der Waals surface area contributed by atoms with Gasteiger partial charge in [0.15, 0.2) is 0 Å². The summed E-state index contributed by atoms with van der Waals surface area (Å²) in [6.07, 6.45) is -0.410. The average molecular weight is 337 g/mol. The number of rotatable bonds is 6. The van der Waals surface area contributed by atoms with Crippen LogP contribution in [0.3, 0.4) is 0 Å².